The zero-order valence-electron chi connectivity index (χ0n) is 67.3. The maximum Gasteiger partial charge on any atom is 0.234 e. The second kappa shape index (κ2) is 31.2. The summed E-state index contributed by atoms with van der Waals surface area (Å²) < 4.78 is 11.0. The number of pyridine rings is 3. The summed E-state index contributed by atoms with van der Waals surface area (Å²) in [6, 6.07) is 142. The zero-order valence-corrected chi connectivity index (χ0v) is 67.3. The van der Waals surface area contributed by atoms with Crippen molar-refractivity contribution >= 4 is 109 Å². The summed E-state index contributed by atoms with van der Waals surface area (Å²) in [4.78, 5) is 45.5. The van der Waals surface area contributed by atoms with Gasteiger partial charge in [-0.25, -0.2) is 44.9 Å². The van der Waals surface area contributed by atoms with Crippen molar-refractivity contribution in [2.75, 3.05) is 0 Å². The fourth-order valence-corrected chi connectivity index (χ4v) is 17.9. The molecule has 0 amide bonds. The van der Waals surface area contributed by atoms with Crippen LogP contribution in [0.3, 0.4) is 0 Å². The van der Waals surface area contributed by atoms with E-state index in [0.29, 0.717) is 17.7 Å². The van der Waals surface area contributed by atoms with Crippen LogP contribution in [0.1, 0.15) is 0 Å². The van der Waals surface area contributed by atoms with E-state index in [1.54, 1.807) is 0 Å². The Morgan fingerprint density at radius 1 is 0.168 bits per heavy atom. The number of aromatic nitrogens is 14. The van der Waals surface area contributed by atoms with Crippen LogP contribution in [0.25, 0.3) is 217 Å². The summed E-state index contributed by atoms with van der Waals surface area (Å²) in [5.74, 6) is 2.78. The number of fused-ring (bicyclic) bond motifs is 15. The number of benzene rings is 14. The van der Waals surface area contributed by atoms with Crippen LogP contribution < -0.4 is 0 Å². The Bertz CT molecular complexity index is 7810. The zero-order chi connectivity index (χ0) is 82.7. The number of nitrogens with zero attached hydrogens (tertiary/aromatic N) is 14. The Labute approximate surface area is 717 Å². The van der Waals surface area contributed by atoms with Crippen LogP contribution >= 0.6 is 0 Å². The maximum absolute atomic E-state index is 5.28. The summed E-state index contributed by atoms with van der Waals surface area (Å²) in [5, 5.41) is 11.8. The number of hydrogen-bond donors (Lipinski definition) is 0. The van der Waals surface area contributed by atoms with E-state index in [0.717, 1.165) is 167 Å². The van der Waals surface area contributed by atoms with Crippen LogP contribution in [0.4, 0.5) is 0 Å². The molecular weight excluding hydrogens is 1530 g/mol. The van der Waals surface area contributed by atoms with Gasteiger partial charge in [0, 0.05) is 87.2 Å². The van der Waals surface area contributed by atoms with Crippen molar-refractivity contribution in [3.63, 3.8) is 0 Å². The molecule has 0 N–H and O–H groups in total. The molecule has 0 unspecified atom stereocenters. The molecule has 25 aromatic rings. The smallest absolute Gasteiger partial charge is 0.234 e. The van der Waals surface area contributed by atoms with Crippen LogP contribution in [0.2, 0.25) is 0 Å². The van der Waals surface area contributed by atoms with Gasteiger partial charge in [0.15, 0.2) is 5.82 Å². The van der Waals surface area contributed by atoms with Crippen LogP contribution in [0.5, 0.6) is 0 Å². The molecule has 0 saturated carbocycles. The molecule has 14 heteroatoms. The summed E-state index contributed by atoms with van der Waals surface area (Å²) in [5.41, 5.74) is 25.1. The Balaban J connectivity index is 0.000000109. The van der Waals surface area contributed by atoms with Crippen molar-refractivity contribution in [3.8, 4) is 108 Å². The van der Waals surface area contributed by atoms with Crippen molar-refractivity contribution < 1.29 is 0 Å². The van der Waals surface area contributed by atoms with Gasteiger partial charge in [0.25, 0.3) is 0 Å². The molecule has 0 spiro atoms. The molecule has 11 heterocycles. The first-order chi connectivity index (χ1) is 62.0. The van der Waals surface area contributed by atoms with Gasteiger partial charge in [0.1, 0.15) is 5.82 Å². The molecule has 125 heavy (non-hydrogen) atoms. The quantitative estimate of drug-likeness (QED) is 0.117. The van der Waals surface area contributed by atoms with Gasteiger partial charge in [-0.3, -0.25) is 13.7 Å². The van der Waals surface area contributed by atoms with E-state index in [-0.39, 0.29) is 0 Å². The van der Waals surface area contributed by atoms with E-state index in [2.05, 4.69) is 344 Å². The second-order valence-electron chi connectivity index (χ2n) is 30.8. The highest BCUT2D eigenvalue weighted by Crippen LogP contribution is 2.44. The highest BCUT2D eigenvalue weighted by atomic mass is 15.2. The largest absolute Gasteiger partial charge is 0.306 e. The van der Waals surface area contributed by atoms with E-state index < -0.39 is 0 Å². The number of rotatable bonds is 12. The van der Waals surface area contributed by atoms with Gasteiger partial charge in [-0.15, -0.1) is 0 Å². The molecule has 0 fully saturated rings. The Kier molecular flexibility index (Phi) is 18.2. The molecule has 11 aromatic heterocycles. The van der Waals surface area contributed by atoms with Gasteiger partial charge < -0.3 is 9.13 Å². The SMILES string of the molecule is c1ccc(-c2cc(-c3cccc(-n4c5ccccc5c5ccccc54)n3)nc(-c3ccccc3)n2)cc1.c1ccc(-c2cc3c4ccccc4n(-c4cnc(-n5c6ccccc6c6ccccc65)nc4)c3c(-c3ccccc3)n2)cc1.c1ccc(-c2cc3c4ccccc4n(-c4ncc(-n5c6ccccc6c6ccccc65)cn4)c3c(-c3ccccc3)n2)cc1. The van der Waals surface area contributed by atoms with Gasteiger partial charge in [-0.2, -0.15) is 0 Å². The molecule has 25 rings (SSSR count). The first kappa shape index (κ1) is 73.0. The van der Waals surface area contributed by atoms with E-state index in [4.69, 9.17) is 44.9 Å². The highest BCUT2D eigenvalue weighted by Gasteiger charge is 2.26. The van der Waals surface area contributed by atoms with Crippen molar-refractivity contribution in [2.45, 2.75) is 0 Å². The third-order valence-electron chi connectivity index (χ3n) is 23.5. The molecule has 0 bridgehead atoms. The minimum atomic E-state index is 0.604. The topological polar surface area (TPSA) is 141 Å². The van der Waals surface area contributed by atoms with E-state index >= 15 is 0 Å². The fraction of sp³-hybridized carbons (Fsp3) is 0. The molecule has 0 atom stereocenters. The lowest BCUT2D eigenvalue weighted by Crippen LogP contribution is -2.04. The van der Waals surface area contributed by atoms with Gasteiger partial charge in [-0.1, -0.05) is 334 Å². The minimum Gasteiger partial charge on any atom is -0.306 e. The molecule has 0 aliphatic heterocycles. The first-order valence-electron chi connectivity index (χ1n) is 41.7. The van der Waals surface area contributed by atoms with Crippen LogP contribution in [0, 0.1) is 0 Å². The van der Waals surface area contributed by atoms with Crippen molar-refractivity contribution in [1.82, 2.24) is 67.7 Å². The average molecular weight is 1600 g/mol. The molecule has 14 aromatic carbocycles. The Morgan fingerprint density at radius 2 is 0.448 bits per heavy atom. The summed E-state index contributed by atoms with van der Waals surface area (Å²) >= 11 is 0. The third kappa shape index (κ3) is 13.0. The molecule has 0 aliphatic rings. The molecule has 0 radical (unpaired) electrons. The van der Waals surface area contributed by atoms with Crippen molar-refractivity contribution in [1.29, 1.82) is 0 Å². The van der Waals surface area contributed by atoms with Crippen LogP contribution in [-0.4, -0.2) is 67.7 Å². The summed E-state index contributed by atoms with van der Waals surface area (Å²) in [6.07, 6.45) is 7.71. The van der Waals surface area contributed by atoms with Gasteiger partial charge in [-0.05, 0) is 78.9 Å². The van der Waals surface area contributed by atoms with Crippen molar-refractivity contribution in [2.24, 2.45) is 0 Å². The van der Waals surface area contributed by atoms with Crippen LogP contribution in [-0.2, 0) is 0 Å². The lowest BCUT2D eigenvalue weighted by Gasteiger charge is -2.13. The average Bonchev–Trinajstić information content (AvgIpc) is 1.58. The van der Waals surface area contributed by atoms with Gasteiger partial charge >= 0.3 is 0 Å². The number of hydrogen-bond acceptors (Lipinski definition) is 9. The third-order valence-corrected chi connectivity index (χ3v) is 23.5. The lowest BCUT2D eigenvalue weighted by molar-refractivity contribution is 0.966. The standard InChI is InChI=1S/2C39H25N5.C33H22N4/c1-3-13-26(14-4-1)33-23-32-31-19-9-10-20-34(31)43(38(32)37(42-33)27-15-5-2-6-16-27)28-24-40-39(41-25-28)44-35-21-11-7-17-29(35)30-18-8-12-22-36(30)44;1-3-13-26(14-4-1)33-23-32-31-19-9-12-22-36(31)44(38(32)37(42-33)27-15-5-2-6-16-27)39-40-24-28(25-41-39)43-34-20-10-7-17-29(34)30-18-8-11-21-35(30)43;1-3-12-23(13-4-1)28-22-29(36-33(35-28)24-14-5-2-6-15-24)27-18-11-21-32(34-27)37-30-19-9-7-16-25(30)26-17-8-10-20-31(26)37/h2*1-25H;1-22H. The second-order valence-corrected chi connectivity index (χ2v) is 30.8. The van der Waals surface area contributed by atoms with E-state index in [1.165, 1.54) is 32.3 Å². The fourth-order valence-electron chi connectivity index (χ4n) is 17.9. The molecule has 14 nitrogen and oxygen atoms in total. The Morgan fingerprint density at radius 3 is 0.840 bits per heavy atom. The predicted octanol–water partition coefficient (Wildman–Crippen LogP) is 26.8. The summed E-state index contributed by atoms with van der Waals surface area (Å²) in [6.45, 7) is 0. The predicted molar refractivity (Wildman–Crippen MR) is 509 cm³/mol. The minimum absolute atomic E-state index is 0.604. The highest BCUT2D eigenvalue weighted by molar-refractivity contribution is 6.17. The van der Waals surface area contributed by atoms with E-state index in [9.17, 15) is 0 Å². The first-order valence-corrected chi connectivity index (χ1v) is 41.7. The van der Waals surface area contributed by atoms with Gasteiger partial charge in [0.2, 0.25) is 11.9 Å². The van der Waals surface area contributed by atoms with Crippen LogP contribution in [0.15, 0.2) is 437 Å². The normalized spacial score (nSPS) is 11.5. The molecule has 0 saturated heterocycles. The summed E-state index contributed by atoms with van der Waals surface area (Å²) in [7, 11) is 0. The number of para-hydroxylation sites is 8. The molecular formula is C111H72N14. The van der Waals surface area contributed by atoms with Crippen molar-refractivity contribution in [3.05, 3.63) is 437 Å². The molecule has 586 valence electrons. The Hall–Kier alpha value is -17.2. The monoisotopic (exact) mass is 1600 g/mol. The molecule has 0 aliphatic carbocycles. The van der Waals surface area contributed by atoms with E-state index in [1.807, 2.05) is 116 Å². The maximum atomic E-state index is 5.28. The lowest BCUT2D eigenvalue weighted by atomic mass is 10.0. The van der Waals surface area contributed by atoms with Gasteiger partial charge in [0.05, 0.1) is 131 Å².